The molecule has 0 saturated carbocycles. The Kier molecular flexibility index (Phi) is 3.92. The molecule has 0 aliphatic heterocycles. The van der Waals surface area contributed by atoms with E-state index in [0.29, 0.717) is 24.3 Å². The molecule has 0 fully saturated rings. The number of fused-ring (bicyclic) bond motifs is 1. The van der Waals surface area contributed by atoms with Crippen LogP contribution in [0.4, 0.5) is 5.69 Å². The highest BCUT2D eigenvalue weighted by atomic mass is 16.5. The lowest BCUT2D eigenvalue weighted by Gasteiger charge is -2.24. The average Bonchev–Trinajstić information content (AvgIpc) is 2.94. The average molecular weight is 313 g/mol. The van der Waals surface area contributed by atoms with Gasteiger partial charge in [-0.1, -0.05) is 12.1 Å². The first kappa shape index (κ1) is 15.3. The zero-order chi connectivity index (χ0) is 16.4. The van der Waals surface area contributed by atoms with Crippen LogP contribution in [-0.2, 0) is 16.8 Å². The Hall–Kier alpha value is -2.60. The maximum Gasteiger partial charge on any atom is 0.249 e. The molecule has 1 aliphatic rings. The number of nitrogens with one attached hydrogen (secondary N) is 1. The molecule has 2 aromatic rings. The molecular weight excluding hydrogens is 294 g/mol. The van der Waals surface area contributed by atoms with Gasteiger partial charge >= 0.3 is 0 Å². The van der Waals surface area contributed by atoms with Gasteiger partial charge in [0, 0.05) is 6.07 Å². The molecule has 3 rings (SSSR count). The Morgan fingerprint density at radius 1 is 1.30 bits per heavy atom. The standard InChI is InChI=1S/C17H19N3O3/c1-22-12-8-11(9-19-10-12)20-16(21)17(18)7-6-13-14(17)4-3-5-15(13)23-2/h3-5,8-10H,6-7,18H2,1-2H3,(H,20,21). The number of amides is 1. The molecule has 1 aliphatic carbocycles. The van der Waals surface area contributed by atoms with Crippen molar-refractivity contribution in [2.75, 3.05) is 19.5 Å². The van der Waals surface area contributed by atoms with Crippen molar-refractivity contribution in [3.05, 3.63) is 47.8 Å². The van der Waals surface area contributed by atoms with Gasteiger partial charge in [-0.3, -0.25) is 9.78 Å². The van der Waals surface area contributed by atoms with Crippen LogP contribution in [0.1, 0.15) is 17.5 Å². The number of rotatable bonds is 4. The summed E-state index contributed by atoms with van der Waals surface area (Å²) in [6.45, 7) is 0. The minimum Gasteiger partial charge on any atom is -0.496 e. The summed E-state index contributed by atoms with van der Waals surface area (Å²) < 4.78 is 10.5. The zero-order valence-electron chi connectivity index (χ0n) is 13.1. The van der Waals surface area contributed by atoms with Crippen molar-refractivity contribution in [3.63, 3.8) is 0 Å². The van der Waals surface area contributed by atoms with Gasteiger partial charge in [-0.05, 0) is 30.0 Å². The molecule has 6 nitrogen and oxygen atoms in total. The van der Waals surface area contributed by atoms with E-state index in [4.69, 9.17) is 15.2 Å². The van der Waals surface area contributed by atoms with Crippen LogP contribution in [0.15, 0.2) is 36.7 Å². The second-order valence-corrected chi connectivity index (χ2v) is 5.53. The molecular formula is C17H19N3O3. The number of methoxy groups -OCH3 is 2. The van der Waals surface area contributed by atoms with Crippen LogP contribution in [0.3, 0.4) is 0 Å². The summed E-state index contributed by atoms with van der Waals surface area (Å²) in [6.07, 6.45) is 4.38. The summed E-state index contributed by atoms with van der Waals surface area (Å²) >= 11 is 0. The molecule has 1 unspecified atom stereocenters. The number of pyridine rings is 1. The van der Waals surface area contributed by atoms with Crippen LogP contribution >= 0.6 is 0 Å². The van der Waals surface area contributed by atoms with Gasteiger partial charge in [0.15, 0.2) is 0 Å². The van der Waals surface area contributed by atoms with E-state index >= 15 is 0 Å². The Morgan fingerprint density at radius 3 is 2.87 bits per heavy atom. The fourth-order valence-corrected chi connectivity index (χ4v) is 2.97. The van der Waals surface area contributed by atoms with Crippen LogP contribution in [0.25, 0.3) is 0 Å². The minimum atomic E-state index is -1.08. The van der Waals surface area contributed by atoms with Crippen molar-refractivity contribution in [3.8, 4) is 11.5 Å². The lowest BCUT2D eigenvalue weighted by atomic mass is 9.91. The summed E-state index contributed by atoms with van der Waals surface area (Å²) in [4.78, 5) is 16.8. The SMILES string of the molecule is COc1cncc(NC(=O)C2(N)CCc3c(OC)cccc32)c1. The van der Waals surface area contributed by atoms with Crippen LogP contribution in [0.2, 0.25) is 0 Å². The van der Waals surface area contributed by atoms with Gasteiger partial charge in [-0.15, -0.1) is 0 Å². The van der Waals surface area contributed by atoms with Gasteiger partial charge in [-0.25, -0.2) is 0 Å². The van der Waals surface area contributed by atoms with E-state index in [2.05, 4.69) is 10.3 Å². The van der Waals surface area contributed by atoms with Gasteiger partial charge in [0.25, 0.3) is 0 Å². The van der Waals surface area contributed by atoms with E-state index < -0.39 is 5.54 Å². The molecule has 120 valence electrons. The van der Waals surface area contributed by atoms with Crippen molar-refractivity contribution in [1.29, 1.82) is 0 Å². The van der Waals surface area contributed by atoms with Crippen LogP contribution < -0.4 is 20.5 Å². The number of carbonyl (C=O) groups excluding carboxylic acids is 1. The maximum absolute atomic E-state index is 12.8. The van der Waals surface area contributed by atoms with Gasteiger partial charge in [0.05, 0.1) is 32.3 Å². The molecule has 23 heavy (non-hydrogen) atoms. The second kappa shape index (κ2) is 5.89. The molecule has 1 aromatic heterocycles. The first-order valence-electron chi connectivity index (χ1n) is 7.34. The smallest absolute Gasteiger partial charge is 0.249 e. The molecule has 0 radical (unpaired) electrons. The van der Waals surface area contributed by atoms with E-state index in [9.17, 15) is 4.79 Å². The van der Waals surface area contributed by atoms with Crippen molar-refractivity contribution in [2.24, 2.45) is 5.73 Å². The Bertz CT molecular complexity index is 748. The largest absolute Gasteiger partial charge is 0.496 e. The number of ether oxygens (including phenoxy) is 2. The normalized spacial score (nSPS) is 19.1. The lowest BCUT2D eigenvalue weighted by Crippen LogP contribution is -2.46. The summed E-state index contributed by atoms with van der Waals surface area (Å²) in [7, 11) is 3.17. The van der Waals surface area contributed by atoms with E-state index in [1.54, 1.807) is 32.7 Å². The molecule has 1 aromatic carbocycles. The highest BCUT2D eigenvalue weighted by molar-refractivity contribution is 5.99. The maximum atomic E-state index is 12.8. The summed E-state index contributed by atoms with van der Waals surface area (Å²) in [5.74, 6) is 1.08. The number of benzene rings is 1. The Morgan fingerprint density at radius 2 is 2.13 bits per heavy atom. The number of carbonyl (C=O) groups is 1. The Balaban J connectivity index is 1.89. The molecule has 1 amide bonds. The van der Waals surface area contributed by atoms with Crippen molar-refractivity contribution < 1.29 is 14.3 Å². The van der Waals surface area contributed by atoms with Gasteiger partial charge < -0.3 is 20.5 Å². The number of nitrogens with zero attached hydrogens (tertiary/aromatic N) is 1. The van der Waals surface area contributed by atoms with Crippen LogP contribution in [-0.4, -0.2) is 25.1 Å². The van der Waals surface area contributed by atoms with Crippen LogP contribution in [0.5, 0.6) is 11.5 Å². The summed E-state index contributed by atoms with van der Waals surface area (Å²) in [5, 5.41) is 2.83. The van der Waals surface area contributed by atoms with Crippen LogP contribution in [0, 0.1) is 0 Å². The third kappa shape index (κ3) is 2.61. The number of hydrogen-bond acceptors (Lipinski definition) is 5. The first-order chi connectivity index (χ1) is 11.1. The van der Waals surface area contributed by atoms with Crippen molar-refractivity contribution in [1.82, 2.24) is 4.98 Å². The number of anilines is 1. The van der Waals surface area contributed by atoms with E-state index in [0.717, 1.165) is 16.9 Å². The Labute approximate surface area is 134 Å². The molecule has 0 spiro atoms. The zero-order valence-corrected chi connectivity index (χ0v) is 13.1. The lowest BCUT2D eigenvalue weighted by molar-refractivity contribution is -0.121. The predicted molar refractivity (Wildman–Crippen MR) is 86.6 cm³/mol. The van der Waals surface area contributed by atoms with Gasteiger partial charge in [0.2, 0.25) is 5.91 Å². The number of hydrogen-bond donors (Lipinski definition) is 2. The van der Waals surface area contributed by atoms with Crippen molar-refractivity contribution in [2.45, 2.75) is 18.4 Å². The second-order valence-electron chi connectivity index (χ2n) is 5.53. The van der Waals surface area contributed by atoms with Gasteiger partial charge in [0.1, 0.15) is 17.0 Å². The third-order valence-corrected chi connectivity index (χ3v) is 4.21. The molecule has 6 heteroatoms. The van der Waals surface area contributed by atoms with E-state index in [-0.39, 0.29) is 5.91 Å². The van der Waals surface area contributed by atoms with Gasteiger partial charge in [-0.2, -0.15) is 0 Å². The fraction of sp³-hybridized carbons (Fsp3) is 0.294. The topological polar surface area (TPSA) is 86.5 Å². The molecule has 0 bridgehead atoms. The highest BCUT2D eigenvalue weighted by Gasteiger charge is 2.43. The predicted octanol–water partition coefficient (Wildman–Crippen LogP) is 1.84. The first-order valence-corrected chi connectivity index (χ1v) is 7.34. The summed E-state index contributed by atoms with van der Waals surface area (Å²) in [5.41, 5.74) is 7.72. The van der Waals surface area contributed by atoms with E-state index in [1.165, 1.54) is 0 Å². The molecule has 3 N–H and O–H groups in total. The summed E-state index contributed by atoms with van der Waals surface area (Å²) in [6, 6.07) is 7.32. The van der Waals surface area contributed by atoms with Crippen molar-refractivity contribution >= 4 is 11.6 Å². The highest BCUT2D eigenvalue weighted by Crippen LogP contribution is 2.40. The monoisotopic (exact) mass is 313 g/mol. The molecule has 1 heterocycles. The molecule has 1 atom stereocenters. The molecule has 0 saturated heterocycles. The number of nitrogens with two attached hydrogens (primary N) is 1. The third-order valence-electron chi connectivity index (χ3n) is 4.21. The van der Waals surface area contributed by atoms with E-state index in [1.807, 2.05) is 18.2 Å². The fourth-order valence-electron chi connectivity index (χ4n) is 2.97. The number of aromatic nitrogens is 1. The quantitative estimate of drug-likeness (QED) is 0.899. The minimum absolute atomic E-state index is 0.264.